The average Bonchev–Trinajstić information content (AvgIpc) is 2.56. The highest BCUT2D eigenvalue weighted by atomic mass is 19.1. The minimum Gasteiger partial charge on any atom is -0.394 e. The number of hydrogen-bond donors (Lipinski definition) is 1. The Kier molecular flexibility index (Phi) is 5.98. The van der Waals surface area contributed by atoms with Gasteiger partial charge in [-0.25, -0.2) is 13.8 Å². The molecule has 0 aliphatic rings. The third kappa shape index (κ3) is 3.94. The van der Waals surface area contributed by atoms with Gasteiger partial charge in [0.05, 0.1) is 18.8 Å². The summed E-state index contributed by atoms with van der Waals surface area (Å²) < 4.78 is 27.0. The van der Waals surface area contributed by atoms with Crippen molar-refractivity contribution >= 4 is 5.91 Å². The van der Waals surface area contributed by atoms with Gasteiger partial charge in [-0.3, -0.25) is 4.79 Å². The Bertz CT molecular complexity index is 718. The van der Waals surface area contributed by atoms with Crippen LogP contribution in [0, 0.1) is 18.6 Å². The monoisotopic (exact) mass is 334 g/mol. The van der Waals surface area contributed by atoms with Crippen molar-refractivity contribution in [2.24, 2.45) is 0 Å². The Balaban J connectivity index is 2.38. The maximum absolute atomic E-state index is 13.9. The van der Waals surface area contributed by atoms with Crippen molar-refractivity contribution in [1.82, 2.24) is 9.88 Å². The van der Waals surface area contributed by atoms with Crippen LogP contribution >= 0.6 is 0 Å². The van der Waals surface area contributed by atoms with Crippen LogP contribution in [0.4, 0.5) is 8.78 Å². The first-order chi connectivity index (χ1) is 11.5. The van der Waals surface area contributed by atoms with Gasteiger partial charge >= 0.3 is 0 Å². The van der Waals surface area contributed by atoms with E-state index >= 15 is 0 Å². The predicted molar refractivity (Wildman–Crippen MR) is 86.4 cm³/mol. The number of aryl methyl sites for hydroxylation is 1. The number of benzene rings is 1. The van der Waals surface area contributed by atoms with Gasteiger partial charge in [0, 0.05) is 12.6 Å². The number of aliphatic hydroxyl groups is 1. The summed E-state index contributed by atoms with van der Waals surface area (Å²) in [5.74, 6) is -2.53. The molecule has 24 heavy (non-hydrogen) atoms. The molecule has 0 saturated heterocycles. The number of amides is 1. The minimum atomic E-state index is -1.01. The van der Waals surface area contributed by atoms with Crippen LogP contribution in [-0.4, -0.2) is 33.5 Å². The molecule has 1 aromatic carbocycles. The molecule has 2 aromatic rings. The average molecular weight is 334 g/mol. The standard InChI is InChI=1S/C18H20F2N2O2/c1-3-15(11-23)22(10-13-7-5-4-6-12(13)2)18(24)17-16(20)8-14(19)9-21-17/h4-9,15,23H,3,10-11H2,1-2H3/t15-/m0/s1. The molecule has 1 heterocycles. The number of aromatic nitrogens is 1. The van der Waals surface area contributed by atoms with Crippen molar-refractivity contribution in [1.29, 1.82) is 0 Å². The molecule has 0 fully saturated rings. The van der Waals surface area contributed by atoms with Crippen LogP contribution in [0.25, 0.3) is 0 Å². The minimum absolute atomic E-state index is 0.211. The van der Waals surface area contributed by atoms with Gasteiger partial charge in [0.25, 0.3) is 5.91 Å². The molecular weight excluding hydrogens is 314 g/mol. The summed E-state index contributed by atoms with van der Waals surface area (Å²) in [5.41, 5.74) is 1.42. The third-order valence-corrected chi connectivity index (χ3v) is 4.00. The second-order valence-electron chi connectivity index (χ2n) is 5.59. The topological polar surface area (TPSA) is 53.4 Å². The van der Waals surface area contributed by atoms with Gasteiger partial charge < -0.3 is 10.0 Å². The van der Waals surface area contributed by atoms with E-state index in [-0.39, 0.29) is 13.2 Å². The van der Waals surface area contributed by atoms with E-state index in [4.69, 9.17) is 0 Å². The van der Waals surface area contributed by atoms with Gasteiger partial charge in [-0.2, -0.15) is 0 Å². The first-order valence-corrected chi connectivity index (χ1v) is 7.75. The van der Waals surface area contributed by atoms with Crippen molar-refractivity contribution in [3.63, 3.8) is 0 Å². The highest BCUT2D eigenvalue weighted by Crippen LogP contribution is 2.18. The summed E-state index contributed by atoms with van der Waals surface area (Å²) in [5, 5.41) is 9.58. The van der Waals surface area contributed by atoms with E-state index in [1.54, 1.807) is 0 Å². The number of carbonyl (C=O) groups is 1. The molecule has 0 saturated carbocycles. The molecule has 0 radical (unpaired) electrons. The molecule has 1 aromatic heterocycles. The number of aliphatic hydroxyl groups excluding tert-OH is 1. The van der Waals surface area contributed by atoms with Crippen LogP contribution < -0.4 is 0 Å². The number of hydrogen-bond acceptors (Lipinski definition) is 3. The van der Waals surface area contributed by atoms with Gasteiger partial charge in [-0.05, 0) is 24.5 Å². The first kappa shape index (κ1) is 18.0. The summed E-state index contributed by atoms with van der Waals surface area (Å²) >= 11 is 0. The number of halogens is 2. The Morgan fingerprint density at radius 2 is 2.04 bits per heavy atom. The lowest BCUT2D eigenvalue weighted by molar-refractivity contribution is 0.0552. The van der Waals surface area contributed by atoms with E-state index in [1.807, 2.05) is 38.1 Å². The molecular formula is C18H20F2N2O2. The predicted octanol–water partition coefficient (Wildman–Crippen LogP) is 3.08. The number of pyridine rings is 1. The van der Waals surface area contributed by atoms with Crippen LogP contribution in [-0.2, 0) is 6.54 Å². The normalized spacial score (nSPS) is 12.0. The second-order valence-corrected chi connectivity index (χ2v) is 5.59. The van der Waals surface area contributed by atoms with Crippen molar-refractivity contribution < 1.29 is 18.7 Å². The van der Waals surface area contributed by atoms with Crippen molar-refractivity contribution in [3.8, 4) is 0 Å². The van der Waals surface area contributed by atoms with Crippen LogP contribution in [0.3, 0.4) is 0 Å². The maximum atomic E-state index is 13.9. The Hall–Kier alpha value is -2.34. The smallest absolute Gasteiger partial charge is 0.276 e. The van der Waals surface area contributed by atoms with E-state index in [1.165, 1.54) is 4.90 Å². The number of rotatable bonds is 6. The van der Waals surface area contributed by atoms with Crippen LogP contribution in [0.15, 0.2) is 36.5 Å². The van der Waals surface area contributed by atoms with E-state index in [9.17, 15) is 18.7 Å². The molecule has 6 heteroatoms. The van der Waals surface area contributed by atoms with E-state index in [0.717, 1.165) is 17.3 Å². The SMILES string of the molecule is CC[C@@H](CO)N(Cc1ccccc1C)C(=O)c1ncc(F)cc1F. The van der Waals surface area contributed by atoms with Crippen LogP contribution in [0.5, 0.6) is 0 Å². The van der Waals surface area contributed by atoms with E-state index in [2.05, 4.69) is 4.98 Å². The van der Waals surface area contributed by atoms with Crippen LogP contribution in [0.1, 0.15) is 35.0 Å². The zero-order chi connectivity index (χ0) is 17.7. The van der Waals surface area contributed by atoms with Gasteiger partial charge in [-0.15, -0.1) is 0 Å². The van der Waals surface area contributed by atoms with Crippen molar-refractivity contribution in [2.75, 3.05) is 6.61 Å². The molecule has 0 aliphatic heterocycles. The quantitative estimate of drug-likeness (QED) is 0.883. The fourth-order valence-corrected chi connectivity index (χ4v) is 2.49. The fraction of sp³-hybridized carbons (Fsp3) is 0.333. The van der Waals surface area contributed by atoms with Gasteiger partial charge in [-0.1, -0.05) is 31.2 Å². The summed E-state index contributed by atoms with van der Waals surface area (Å²) in [7, 11) is 0. The van der Waals surface area contributed by atoms with E-state index < -0.39 is 29.3 Å². The lowest BCUT2D eigenvalue weighted by atomic mass is 10.1. The molecule has 0 spiro atoms. The molecule has 1 atom stereocenters. The van der Waals surface area contributed by atoms with Gasteiger partial charge in [0.2, 0.25) is 0 Å². The van der Waals surface area contributed by atoms with Crippen LogP contribution in [0.2, 0.25) is 0 Å². The first-order valence-electron chi connectivity index (χ1n) is 7.75. The second kappa shape index (κ2) is 7.97. The lowest BCUT2D eigenvalue weighted by Gasteiger charge is -2.30. The lowest BCUT2D eigenvalue weighted by Crippen LogP contribution is -2.42. The number of carbonyl (C=O) groups excluding carboxylic acids is 1. The van der Waals surface area contributed by atoms with E-state index in [0.29, 0.717) is 12.5 Å². The molecule has 1 amide bonds. The molecule has 0 unspecified atom stereocenters. The molecule has 0 aliphatic carbocycles. The Morgan fingerprint density at radius 3 is 2.62 bits per heavy atom. The highest BCUT2D eigenvalue weighted by molar-refractivity contribution is 5.92. The van der Waals surface area contributed by atoms with Gasteiger partial charge in [0.1, 0.15) is 5.82 Å². The Morgan fingerprint density at radius 1 is 1.33 bits per heavy atom. The molecule has 128 valence electrons. The summed E-state index contributed by atoms with van der Waals surface area (Å²) in [4.78, 5) is 17.7. The maximum Gasteiger partial charge on any atom is 0.276 e. The molecule has 0 bridgehead atoms. The largest absolute Gasteiger partial charge is 0.394 e. The zero-order valence-electron chi connectivity index (χ0n) is 13.7. The number of nitrogens with zero attached hydrogens (tertiary/aromatic N) is 2. The Labute approximate surface area is 139 Å². The molecule has 4 nitrogen and oxygen atoms in total. The summed E-state index contributed by atoms with van der Waals surface area (Å²) in [6, 6.07) is 7.66. The summed E-state index contributed by atoms with van der Waals surface area (Å²) in [6.45, 7) is 3.70. The molecule has 1 N–H and O–H groups in total. The van der Waals surface area contributed by atoms with Crippen molar-refractivity contribution in [3.05, 3.63) is 65.0 Å². The third-order valence-electron chi connectivity index (χ3n) is 4.00. The summed E-state index contributed by atoms with van der Waals surface area (Å²) in [6.07, 6.45) is 1.30. The highest BCUT2D eigenvalue weighted by Gasteiger charge is 2.27. The fourth-order valence-electron chi connectivity index (χ4n) is 2.49. The van der Waals surface area contributed by atoms with Gasteiger partial charge in [0.15, 0.2) is 11.5 Å². The zero-order valence-corrected chi connectivity index (χ0v) is 13.7. The van der Waals surface area contributed by atoms with Crippen molar-refractivity contribution in [2.45, 2.75) is 32.9 Å². The molecule has 2 rings (SSSR count).